The van der Waals surface area contributed by atoms with Crippen molar-refractivity contribution in [1.82, 2.24) is 5.32 Å². The van der Waals surface area contributed by atoms with Crippen LogP contribution in [0.5, 0.6) is 0 Å². The Morgan fingerprint density at radius 2 is 1.33 bits per heavy atom. The first-order valence-corrected chi connectivity index (χ1v) is 4.21. The molecule has 0 aromatic rings. The van der Waals surface area contributed by atoms with E-state index >= 15 is 0 Å². The van der Waals surface area contributed by atoms with Crippen LogP contribution in [-0.4, -0.2) is 12.1 Å². The molecule has 0 bridgehead atoms. The van der Waals surface area contributed by atoms with E-state index in [-0.39, 0.29) is 0 Å². The first kappa shape index (κ1) is 5.72. The summed E-state index contributed by atoms with van der Waals surface area (Å²) in [4.78, 5) is 0. The van der Waals surface area contributed by atoms with Gasteiger partial charge in [0.15, 0.2) is 0 Å². The van der Waals surface area contributed by atoms with E-state index in [9.17, 15) is 0 Å². The van der Waals surface area contributed by atoms with Crippen LogP contribution in [0.3, 0.4) is 0 Å². The molecule has 2 saturated carbocycles. The monoisotopic (exact) mass is 125 g/mol. The molecular weight excluding hydrogens is 110 g/mol. The predicted molar refractivity (Wildman–Crippen MR) is 38.4 cm³/mol. The molecule has 2 aliphatic rings. The Morgan fingerprint density at radius 3 is 1.89 bits per heavy atom. The number of hydrogen-bond acceptors (Lipinski definition) is 1. The summed E-state index contributed by atoms with van der Waals surface area (Å²) in [6, 6.07) is 1.82. The summed E-state index contributed by atoms with van der Waals surface area (Å²) < 4.78 is 0. The van der Waals surface area contributed by atoms with E-state index in [0.29, 0.717) is 0 Å². The second-order valence-electron chi connectivity index (χ2n) is 3.42. The lowest BCUT2D eigenvalue weighted by molar-refractivity contribution is 0.521. The van der Waals surface area contributed by atoms with Gasteiger partial charge in [0.05, 0.1) is 0 Å². The molecule has 0 aromatic heterocycles. The Labute approximate surface area is 56.8 Å². The summed E-state index contributed by atoms with van der Waals surface area (Å²) in [5.74, 6) is 0. The molecule has 52 valence electrons. The molecule has 1 nitrogen and oxygen atoms in total. The van der Waals surface area contributed by atoms with Crippen molar-refractivity contribution in [2.24, 2.45) is 0 Å². The van der Waals surface area contributed by atoms with Crippen LogP contribution in [0, 0.1) is 0 Å². The van der Waals surface area contributed by atoms with Crippen LogP contribution < -0.4 is 5.32 Å². The highest BCUT2D eigenvalue weighted by Crippen LogP contribution is 2.24. The van der Waals surface area contributed by atoms with Gasteiger partial charge < -0.3 is 5.32 Å². The molecule has 0 aromatic carbocycles. The smallest absolute Gasteiger partial charge is 0.00708 e. The second kappa shape index (κ2) is 2.30. The van der Waals surface area contributed by atoms with Gasteiger partial charge in [-0.2, -0.15) is 0 Å². The van der Waals surface area contributed by atoms with Gasteiger partial charge in [0, 0.05) is 12.1 Å². The zero-order chi connectivity index (χ0) is 6.10. The van der Waals surface area contributed by atoms with E-state index in [1.165, 1.54) is 38.5 Å². The molecule has 2 aliphatic carbocycles. The fraction of sp³-hybridized carbons (Fsp3) is 1.00. The standard InChI is InChI=1S/C8H15N/c1-2-4-7(3-1)9-8-5-6-8/h7-9H,1-6H2. The molecule has 0 saturated heterocycles. The predicted octanol–water partition coefficient (Wildman–Crippen LogP) is 1.68. The molecule has 2 rings (SSSR count). The van der Waals surface area contributed by atoms with Crippen molar-refractivity contribution >= 4 is 0 Å². The maximum atomic E-state index is 3.65. The van der Waals surface area contributed by atoms with Gasteiger partial charge in [-0.25, -0.2) is 0 Å². The van der Waals surface area contributed by atoms with E-state index in [1.54, 1.807) is 0 Å². The van der Waals surface area contributed by atoms with E-state index in [0.717, 1.165) is 12.1 Å². The summed E-state index contributed by atoms with van der Waals surface area (Å²) >= 11 is 0. The molecule has 1 heteroatoms. The first-order chi connectivity index (χ1) is 4.45. The van der Waals surface area contributed by atoms with Gasteiger partial charge in [-0.1, -0.05) is 12.8 Å². The maximum absolute atomic E-state index is 3.65. The molecule has 0 unspecified atom stereocenters. The Kier molecular flexibility index (Phi) is 1.46. The minimum Gasteiger partial charge on any atom is -0.311 e. The van der Waals surface area contributed by atoms with Crippen molar-refractivity contribution in [3.8, 4) is 0 Å². The van der Waals surface area contributed by atoms with Gasteiger partial charge in [0.1, 0.15) is 0 Å². The van der Waals surface area contributed by atoms with Crippen molar-refractivity contribution in [2.75, 3.05) is 0 Å². The van der Waals surface area contributed by atoms with Crippen LogP contribution in [0.2, 0.25) is 0 Å². The fourth-order valence-corrected chi connectivity index (χ4v) is 1.68. The highest BCUT2D eigenvalue weighted by molar-refractivity contribution is 4.86. The topological polar surface area (TPSA) is 12.0 Å². The summed E-state index contributed by atoms with van der Waals surface area (Å²) in [7, 11) is 0. The molecule has 0 radical (unpaired) electrons. The first-order valence-electron chi connectivity index (χ1n) is 4.21. The summed E-state index contributed by atoms with van der Waals surface area (Å²) in [5, 5.41) is 3.65. The Morgan fingerprint density at radius 1 is 0.778 bits per heavy atom. The minimum absolute atomic E-state index is 0.900. The summed E-state index contributed by atoms with van der Waals surface area (Å²) in [6.07, 6.45) is 8.69. The van der Waals surface area contributed by atoms with Gasteiger partial charge in [-0.05, 0) is 25.7 Å². The largest absolute Gasteiger partial charge is 0.311 e. The highest BCUT2D eigenvalue weighted by Gasteiger charge is 2.25. The molecule has 0 amide bonds. The normalized spacial score (nSPS) is 29.3. The molecule has 0 heterocycles. The lowest BCUT2D eigenvalue weighted by atomic mass is 10.2. The zero-order valence-electron chi connectivity index (χ0n) is 5.90. The third-order valence-corrected chi connectivity index (χ3v) is 2.40. The molecule has 1 N–H and O–H groups in total. The van der Waals surface area contributed by atoms with Crippen molar-refractivity contribution in [1.29, 1.82) is 0 Å². The van der Waals surface area contributed by atoms with Crippen LogP contribution in [0.4, 0.5) is 0 Å². The Bertz CT molecular complexity index is 90.7. The average Bonchev–Trinajstić information content (AvgIpc) is 2.46. The van der Waals surface area contributed by atoms with E-state index < -0.39 is 0 Å². The van der Waals surface area contributed by atoms with E-state index in [4.69, 9.17) is 0 Å². The van der Waals surface area contributed by atoms with Gasteiger partial charge in [-0.3, -0.25) is 0 Å². The number of hydrogen-bond donors (Lipinski definition) is 1. The molecule has 0 atom stereocenters. The summed E-state index contributed by atoms with van der Waals surface area (Å²) in [6.45, 7) is 0. The third kappa shape index (κ3) is 1.45. The van der Waals surface area contributed by atoms with Crippen LogP contribution in [0.1, 0.15) is 38.5 Å². The van der Waals surface area contributed by atoms with Crippen LogP contribution in [0.15, 0.2) is 0 Å². The number of nitrogens with one attached hydrogen (secondary N) is 1. The van der Waals surface area contributed by atoms with Gasteiger partial charge in [0.25, 0.3) is 0 Å². The van der Waals surface area contributed by atoms with Crippen molar-refractivity contribution in [3.63, 3.8) is 0 Å². The van der Waals surface area contributed by atoms with Crippen LogP contribution >= 0.6 is 0 Å². The zero-order valence-corrected chi connectivity index (χ0v) is 5.90. The van der Waals surface area contributed by atoms with Gasteiger partial charge in [-0.15, -0.1) is 0 Å². The molecule has 0 spiro atoms. The molecule has 2 fully saturated rings. The summed E-state index contributed by atoms with van der Waals surface area (Å²) in [5.41, 5.74) is 0. The van der Waals surface area contributed by atoms with Crippen molar-refractivity contribution in [3.05, 3.63) is 0 Å². The van der Waals surface area contributed by atoms with Gasteiger partial charge in [0.2, 0.25) is 0 Å². The third-order valence-electron chi connectivity index (χ3n) is 2.40. The van der Waals surface area contributed by atoms with Crippen molar-refractivity contribution < 1.29 is 0 Å². The molecule has 9 heavy (non-hydrogen) atoms. The number of rotatable bonds is 2. The Hall–Kier alpha value is -0.0400. The quantitative estimate of drug-likeness (QED) is 0.592. The van der Waals surface area contributed by atoms with Crippen LogP contribution in [0.25, 0.3) is 0 Å². The van der Waals surface area contributed by atoms with Crippen molar-refractivity contribution in [2.45, 2.75) is 50.6 Å². The van der Waals surface area contributed by atoms with E-state index in [2.05, 4.69) is 5.32 Å². The molecule has 0 aliphatic heterocycles. The maximum Gasteiger partial charge on any atom is 0.00708 e. The lowest BCUT2D eigenvalue weighted by Crippen LogP contribution is -2.27. The second-order valence-corrected chi connectivity index (χ2v) is 3.42. The van der Waals surface area contributed by atoms with Gasteiger partial charge >= 0.3 is 0 Å². The van der Waals surface area contributed by atoms with Crippen LogP contribution in [-0.2, 0) is 0 Å². The SMILES string of the molecule is C1CCC(NC2CC2)C1. The Balaban J connectivity index is 1.70. The lowest BCUT2D eigenvalue weighted by Gasteiger charge is -2.08. The highest BCUT2D eigenvalue weighted by atomic mass is 15.0. The molecular formula is C8H15N. The minimum atomic E-state index is 0.900. The van der Waals surface area contributed by atoms with E-state index in [1.807, 2.05) is 0 Å². The fourth-order valence-electron chi connectivity index (χ4n) is 1.68. The average molecular weight is 125 g/mol.